The van der Waals surface area contributed by atoms with Gasteiger partial charge >= 0.3 is 12.0 Å². The molecule has 9 heteroatoms. The molecular formula is C12H18N4O4S. The molecule has 1 aromatic rings. The van der Waals surface area contributed by atoms with Crippen molar-refractivity contribution in [2.75, 3.05) is 33.8 Å². The lowest BCUT2D eigenvalue weighted by molar-refractivity contribution is 0.0526. The van der Waals surface area contributed by atoms with Gasteiger partial charge in [-0.15, -0.1) is 11.3 Å². The molecule has 0 atom stereocenters. The second-order valence-electron chi connectivity index (χ2n) is 4.14. The van der Waals surface area contributed by atoms with E-state index in [4.69, 9.17) is 4.74 Å². The van der Waals surface area contributed by atoms with Crippen LogP contribution in [0.3, 0.4) is 0 Å². The molecule has 3 amide bonds. The van der Waals surface area contributed by atoms with Crippen molar-refractivity contribution in [3.05, 3.63) is 16.1 Å². The van der Waals surface area contributed by atoms with Crippen LogP contribution in [-0.4, -0.2) is 61.6 Å². The van der Waals surface area contributed by atoms with Crippen molar-refractivity contribution in [2.24, 2.45) is 0 Å². The van der Waals surface area contributed by atoms with Gasteiger partial charge in [-0.05, 0) is 6.92 Å². The standard InChI is InChI=1S/C12H18N4O4S/c1-4-20-11(18)10-15-8(7-21-10)9(17)13-5-6-14-12(19)16(2)3/h7H,4-6H2,1-3H3,(H,13,17)(H,14,19). The molecule has 0 fully saturated rings. The molecule has 0 unspecified atom stereocenters. The highest BCUT2D eigenvalue weighted by Gasteiger charge is 2.15. The summed E-state index contributed by atoms with van der Waals surface area (Å²) in [6.45, 7) is 2.52. The van der Waals surface area contributed by atoms with Crippen LogP contribution >= 0.6 is 11.3 Å². The molecular weight excluding hydrogens is 296 g/mol. The summed E-state index contributed by atoms with van der Waals surface area (Å²) in [6, 6.07) is -0.234. The lowest BCUT2D eigenvalue weighted by atomic mass is 10.4. The number of nitrogens with zero attached hydrogens (tertiary/aromatic N) is 2. The van der Waals surface area contributed by atoms with Crippen molar-refractivity contribution >= 4 is 29.2 Å². The van der Waals surface area contributed by atoms with E-state index in [0.717, 1.165) is 11.3 Å². The molecule has 0 radical (unpaired) electrons. The maximum atomic E-state index is 11.8. The lowest BCUT2D eigenvalue weighted by Gasteiger charge is -2.11. The van der Waals surface area contributed by atoms with Crippen LogP contribution in [-0.2, 0) is 4.74 Å². The van der Waals surface area contributed by atoms with Gasteiger partial charge < -0.3 is 20.3 Å². The largest absolute Gasteiger partial charge is 0.461 e. The van der Waals surface area contributed by atoms with E-state index in [-0.39, 0.29) is 29.9 Å². The first kappa shape index (κ1) is 16.9. The van der Waals surface area contributed by atoms with E-state index in [2.05, 4.69) is 15.6 Å². The number of aromatic nitrogens is 1. The molecule has 8 nitrogen and oxygen atoms in total. The number of rotatable bonds is 6. The van der Waals surface area contributed by atoms with Crippen LogP contribution in [0.2, 0.25) is 0 Å². The zero-order valence-electron chi connectivity index (χ0n) is 12.1. The van der Waals surface area contributed by atoms with Gasteiger partial charge in [-0.2, -0.15) is 0 Å². The van der Waals surface area contributed by atoms with Crippen molar-refractivity contribution in [2.45, 2.75) is 6.92 Å². The third-order valence-electron chi connectivity index (χ3n) is 2.28. The molecule has 0 bridgehead atoms. The van der Waals surface area contributed by atoms with Crippen molar-refractivity contribution < 1.29 is 19.1 Å². The van der Waals surface area contributed by atoms with Gasteiger partial charge in [-0.1, -0.05) is 0 Å². The van der Waals surface area contributed by atoms with E-state index >= 15 is 0 Å². The Morgan fingerprint density at radius 2 is 1.95 bits per heavy atom. The second-order valence-corrected chi connectivity index (χ2v) is 5.00. The maximum Gasteiger partial charge on any atom is 0.367 e. The van der Waals surface area contributed by atoms with Gasteiger partial charge in [0.15, 0.2) is 0 Å². The Bertz CT molecular complexity index is 515. The molecule has 1 rings (SSSR count). The van der Waals surface area contributed by atoms with E-state index in [1.54, 1.807) is 21.0 Å². The Morgan fingerprint density at radius 1 is 1.29 bits per heavy atom. The first-order valence-electron chi connectivity index (χ1n) is 6.31. The number of esters is 1. The van der Waals surface area contributed by atoms with E-state index in [1.165, 1.54) is 10.3 Å². The second kappa shape index (κ2) is 8.20. The van der Waals surface area contributed by atoms with Gasteiger partial charge in [-0.3, -0.25) is 4.79 Å². The zero-order valence-corrected chi connectivity index (χ0v) is 13.0. The number of amides is 3. The van der Waals surface area contributed by atoms with Crippen LogP contribution < -0.4 is 10.6 Å². The molecule has 1 heterocycles. The average molecular weight is 314 g/mol. The van der Waals surface area contributed by atoms with E-state index in [9.17, 15) is 14.4 Å². The van der Waals surface area contributed by atoms with Crippen LogP contribution in [0.25, 0.3) is 0 Å². The number of thiazole rings is 1. The SMILES string of the molecule is CCOC(=O)c1nc(C(=O)NCCNC(=O)N(C)C)cs1. The van der Waals surface area contributed by atoms with Gasteiger partial charge in [0.1, 0.15) is 5.69 Å². The number of urea groups is 1. The Morgan fingerprint density at radius 3 is 2.57 bits per heavy atom. The minimum atomic E-state index is -0.542. The smallest absolute Gasteiger partial charge is 0.367 e. The highest BCUT2D eigenvalue weighted by Crippen LogP contribution is 2.10. The number of hydrogen-bond acceptors (Lipinski definition) is 6. The normalized spacial score (nSPS) is 9.86. The Labute approximate surface area is 126 Å². The van der Waals surface area contributed by atoms with Crippen molar-refractivity contribution in [1.82, 2.24) is 20.5 Å². The molecule has 21 heavy (non-hydrogen) atoms. The zero-order chi connectivity index (χ0) is 15.8. The molecule has 2 N–H and O–H groups in total. The molecule has 116 valence electrons. The fourth-order valence-corrected chi connectivity index (χ4v) is 1.95. The highest BCUT2D eigenvalue weighted by atomic mass is 32.1. The van der Waals surface area contributed by atoms with Crippen LogP contribution in [0, 0.1) is 0 Å². The Kier molecular flexibility index (Phi) is 6.60. The van der Waals surface area contributed by atoms with Gasteiger partial charge in [-0.25, -0.2) is 14.6 Å². The quantitative estimate of drug-likeness (QED) is 0.582. The number of carbonyl (C=O) groups is 3. The highest BCUT2D eigenvalue weighted by molar-refractivity contribution is 7.11. The summed E-state index contributed by atoms with van der Waals surface area (Å²) in [6.07, 6.45) is 0. The van der Waals surface area contributed by atoms with Crippen molar-refractivity contribution in [3.8, 4) is 0 Å². The number of nitrogens with one attached hydrogen (secondary N) is 2. The Balaban J connectivity index is 2.39. The molecule has 0 saturated heterocycles. The summed E-state index contributed by atoms with van der Waals surface area (Å²) in [5, 5.41) is 6.83. The molecule has 0 aromatic carbocycles. The van der Waals surface area contributed by atoms with Crippen LogP contribution in [0.5, 0.6) is 0 Å². The number of carbonyl (C=O) groups excluding carboxylic acids is 3. The molecule has 0 spiro atoms. The van der Waals surface area contributed by atoms with Gasteiger partial charge in [0.25, 0.3) is 5.91 Å². The summed E-state index contributed by atoms with van der Waals surface area (Å²) >= 11 is 1.05. The first-order chi connectivity index (χ1) is 9.95. The predicted octanol–water partition coefficient (Wildman–Crippen LogP) is 0.321. The number of ether oxygens (including phenoxy) is 1. The fraction of sp³-hybridized carbons (Fsp3) is 0.500. The molecule has 0 saturated carbocycles. The Hall–Kier alpha value is -2.16. The summed E-state index contributed by atoms with van der Waals surface area (Å²) in [5.41, 5.74) is 0.155. The summed E-state index contributed by atoms with van der Waals surface area (Å²) in [7, 11) is 3.25. The average Bonchev–Trinajstić information content (AvgIpc) is 2.93. The predicted molar refractivity (Wildman–Crippen MR) is 77.5 cm³/mol. The van der Waals surface area contributed by atoms with Crippen LogP contribution in [0.1, 0.15) is 27.2 Å². The van der Waals surface area contributed by atoms with Gasteiger partial charge in [0.2, 0.25) is 5.01 Å². The fourth-order valence-electron chi connectivity index (χ4n) is 1.26. The summed E-state index contributed by atoms with van der Waals surface area (Å²) < 4.78 is 4.79. The monoisotopic (exact) mass is 314 g/mol. The minimum absolute atomic E-state index is 0.142. The molecule has 0 aliphatic heterocycles. The van der Waals surface area contributed by atoms with Crippen molar-refractivity contribution in [1.29, 1.82) is 0 Å². The summed E-state index contributed by atoms with van der Waals surface area (Å²) in [5.74, 6) is -0.944. The van der Waals surface area contributed by atoms with Gasteiger partial charge in [0.05, 0.1) is 6.61 Å². The van der Waals surface area contributed by atoms with Gasteiger partial charge in [0, 0.05) is 32.6 Å². The third-order valence-corrected chi connectivity index (χ3v) is 3.10. The summed E-state index contributed by atoms with van der Waals surface area (Å²) in [4.78, 5) is 39.7. The van der Waals surface area contributed by atoms with Crippen molar-refractivity contribution in [3.63, 3.8) is 0 Å². The number of hydrogen-bond donors (Lipinski definition) is 2. The van der Waals surface area contributed by atoms with Crippen LogP contribution in [0.15, 0.2) is 5.38 Å². The lowest BCUT2D eigenvalue weighted by Crippen LogP contribution is -2.39. The molecule has 1 aromatic heterocycles. The van der Waals surface area contributed by atoms with Crippen LogP contribution in [0.4, 0.5) is 4.79 Å². The van der Waals surface area contributed by atoms with E-state index < -0.39 is 11.9 Å². The maximum absolute atomic E-state index is 11.8. The molecule has 0 aliphatic carbocycles. The van der Waals surface area contributed by atoms with E-state index in [0.29, 0.717) is 6.54 Å². The third kappa shape index (κ3) is 5.38. The van der Waals surface area contributed by atoms with E-state index in [1.807, 2.05) is 0 Å². The minimum Gasteiger partial charge on any atom is -0.461 e. The molecule has 0 aliphatic rings. The topological polar surface area (TPSA) is 101 Å². The first-order valence-corrected chi connectivity index (χ1v) is 7.19.